The van der Waals surface area contributed by atoms with Crippen LogP contribution < -0.4 is 14.8 Å². The fraction of sp³-hybridized carbons (Fsp3) is 0.160. The molecular formula is C25H21ClN2O4S. The van der Waals surface area contributed by atoms with E-state index in [4.69, 9.17) is 21.1 Å². The molecule has 0 aliphatic rings. The van der Waals surface area contributed by atoms with E-state index in [1.807, 2.05) is 17.5 Å². The van der Waals surface area contributed by atoms with Crippen LogP contribution in [0.1, 0.15) is 26.4 Å². The predicted molar refractivity (Wildman–Crippen MR) is 131 cm³/mol. The molecule has 2 aromatic carbocycles. The summed E-state index contributed by atoms with van der Waals surface area (Å²) in [5.74, 6) is 0.182. The van der Waals surface area contributed by atoms with Crippen LogP contribution in [-0.4, -0.2) is 37.4 Å². The Morgan fingerprint density at radius 1 is 1.06 bits per heavy atom. The first-order valence-electron chi connectivity index (χ1n) is 10.1. The highest BCUT2D eigenvalue weighted by molar-refractivity contribution is 7.18. The molecule has 0 saturated carbocycles. The molecule has 168 valence electrons. The zero-order valence-corrected chi connectivity index (χ0v) is 19.8. The first kappa shape index (κ1) is 22.8. The van der Waals surface area contributed by atoms with Crippen molar-refractivity contribution < 1.29 is 19.1 Å². The zero-order valence-electron chi connectivity index (χ0n) is 18.3. The van der Waals surface area contributed by atoms with Gasteiger partial charge in [0, 0.05) is 31.6 Å². The van der Waals surface area contributed by atoms with Gasteiger partial charge in [0.1, 0.15) is 5.69 Å². The standard InChI is InChI=1S/C25H21ClN2O4S/c1-14-5-4-6-17-18(13-33-24(14)17)19-10-16(26)11-20(28-19)21(29)12-27-25(30)15-7-8-22(31-2)23(9-15)32-3/h4-11,13H,12H2,1-3H3,(H,27,30). The van der Waals surface area contributed by atoms with Crippen LogP contribution in [0.15, 0.2) is 53.9 Å². The number of aromatic nitrogens is 1. The Labute approximate surface area is 200 Å². The van der Waals surface area contributed by atoms with E-state index < -0.39 is 5.91 Å². The van der Waals surface area contributed by atoms with Gasteiger partial charge < -0.3 is 14.8 Å². The molecule has 0 radical (unpaired) electrons. The van der Waals surface area contributed by atoms with E-state index in [2.05, 4.69) is 23.3 Å². The highest BCUT2D eigenvalue weighted by atomic mass is 35.5. The van der Waals surface area contributed by atoms with Crippen LogP contribution >= 0.6 is 22.9 Å². The zero-order chi connectivity index (χ0) is 23.5. The number of nitrogens with zero attached hydrogens (tertiary/aromatic N) is 1. The lowest BCUT2D eigenvalue weighted by Crippen LogP contribution is -2.30. The van der Waals surface area contributed by atoms with Crippen LogP contribution in [-0.2, 0) is 0 Å². The van der Waals surface area contributed by atoms with Gasteiger partial charge in [-0.25, -0.2) is 4.98 Å². The highest BCUT2D eigenvalue weighted by Gasteiger charge is 2.16. The molecule has 0 bridgehead atoms. The molecule has 0 spiro atoms. The molecule has 0 atom stereocenters. The SMILES string of the molecule is COc1ccc(C(=O)NCC(=O)c2cc(Cl)cc(-c3csc4c(C)cccc34)n2)cc1OC. The summed E-state index contributed by atoms with van der Waals surface area (Å²) in [7, 11) is 3.01. The van der Waals surface area contributed by atoms with Gasteiger partial charge in [-0.15, -0.1) is 11.3 Å². The van der Waals surface area contributed by atoms with Gasteiger partial charge in [0.2, 0.25) is 0 Å². The summed E-state index contributed by atoms with van der Waals surface area (Å²) in [5, 5.41) is 6.12. The number of benzene rings is 2. The average molecular weight is 481 g/mol. The summed E-state index contributed by atoms with van der Waals surface area (Å²) in [6, 6.07) is 14.1. The molecule has 8 heteroatoms. The lowest BCUT2D eigenvalue weighted by atomic mass is 10.1. The van der Waals surface area contributed by atoms with E-state index in [1.54, 1.807) is 35.6 Å². The number of pyridine rings is 1. The number of ketones is 1. The third-order valence-corrected chi connectivity index (χ3v) is 6.55. The second kappa shape index (κ2) is 9.60. The van der Waals surface area contributed by atoms with Crippen molar-refractivity contribution in [2.75, 3.05) is 20.8 Å². The van der Waals surface area contributed by atoms with Crippen molar-refractivity contribution in [1.29, 1.82) is 0 Å². The van der Waals surface area contributed by atoms with E-state index in [0.29, 0.717) is 27.8 Å². The van der Waals surface area contributed by atoms with Crippen LogP contribution in [0.4, 0.5) is 0 Å². The molecule has 2 aromatic heterocycles. The van der Waals surface area contributed by atoms with Gasteiger partial charge >= 0.3 is 0 Å². The molecule has 2 heterocycles. The van der Waals surface area contributed by atoms with E-state index >= 15 is 0 Å². The van der Waals surface area contributed by atoms with Crippen molar-refractivity contribution in [2.24, 2.45) is 0 Å². The number of nitrogens with one attached hydrogen (secondary N) is 1. The monoisotopic (exact) mass is 480 g/mol. The smallest absolute Gasteiger partial charge is 0.251 e. The van der Waals surface area contributed by atoms with E-state index in [1.165, 1.54) is 30.5 Å². The van der Waals surface area contributed by atoms with Crippen LogP contribution in [0, 0.1) is 6.92 Å². The van der Waals surface area contributed by atoms with Gasteiger partial charge in [0.15, 0.2) is 17.3 Å². The Morgan fingerprint density at radius 2 is 1.85 bits per heavy atom. The van der Waals surface area contributed by atoms with Gasteiger partial charge in [-0.3, -0.25) is 9.59 Å². The number of amides is 1. The predicted octanol–water partition coefficient (Wildman–Crippen LogP) is 5.56. The van der Waals surface area contributed by atoms with Crippen molar-refractivity contribution in [2.45, 2.75) is 6.92 Å². The molecule has 0 aliphatic heterocycles. The second-order valence-corrected chi connectivity index (χ2v) is 8.65. The lowest BCUT2D eigenvalue weighted by Gasteiger charge is -2.10. The summed E-state index contributed by atoms with van der Waals surface area (Å²) in [5.41, 5.74) is 3.26. The maximum absolute atomic E-state index is 12.8. The number of carbonyl (C=O) groups excluding carboxylic acids is 2. The molecule has 0 saturated heterocycles. The Balaban J connectivity index is 1.54. The maximum atomic E-state index is 12.8. The van der Waals surface area contributed by atoms with Crippen LogP contribution in [0.3, 0.4) is 0 Å². The molecular weight excluding hydrogens is 460 g/mol. The molecule has 33 heavy (non-hydrogen) atoms. The summed E-state index contributed by atoms with van der Waals surface area (Å²) in [6.07, 6.45) is 0. The molecule has 1 amide bonds. The first-order chi connectivity index (χ1) is 15.9. The van der Waals surface area contributed by atoms with Gasteiger partial charge in [-0.2, -0.15) is 0 Å². The number of thiophene rings is 1. The van der Waals surface area contributed by atoms with E-state index in [-0.39, 0.29) is 18.0 Å². The Bertz CT molecular complexity index is 1370. The second-order valence-electron chi connectivity index (χ2n) is 7.33. The van der Waals surface area contributed by atoms with Crippen molar-refractivity contribution >= 4 is 44.7 Å². The van der Waals surface area contributed by atoms with Gasteiger partial charge in [-0.05, 0) is 42.8 Å². The topological polar surface area (TPSA) is 77.5 Å². The molecule has 4 rings (SSSR count). The Morgan fingerprint density at radius 3 is 2.61 bits per heavy atom. The number of halogens is 1. The number of carbonyl (C=O) groups is 2. The number of Topliss-reactive ketones (excluding diaryl/α,β-unsaturated/α-hetero) is 1. The van der Waals surface area contributed by atoms with Crippen molar-refractivity contribution in [3.8, 4) is 22.8 Å². The highest BCUT2D eigenvalue weighted by Crippen LogP contribution is 2.35. The molecule has 0 aliphatic carbocycles. The molecule has 0 fully saturated rings. The number of rotatable bonds is 7. The number of fused-ring (bicyclic) bond motifs is 1. The third kappa shape index (κ3) is 4.69. The number of aryl methyl sites for hydroxylation is 1. The lowest BCUT2D eigenvalue weighted by molar-refractivity contribution is 0.0902. The number of hydrogen-bond acceptors (Lipinski definition) is 6. The number of methoxy groups -OCH3 is 2. The van der Waals surface area contributed by atoms with E-state index in [0.717, 1.165) is 10.9 Å². The Kier molecular flexibility index (Phi) is 6.62. The quantitative estimate of drug-likeness (QED) is 0.351. The Hall–Kier alpha value is -3.42. The molecule has 0 unspecified atom stereocenters. The van der Waals surface area contributed by atoms with E-state index in [9.17, 15) is 9.59 Å². The molecule has 4 aromatic rings. The fourth-order valence-electron chi connectivity index (χ4n) is 3.51. The van der Waals surface area contributed by atoms with Gasteiger partial charge in [-0.1, -0.05) is 29.8 Å². The van der Waals surface area contributed by atoms with Crippen LogP contribution in [0.5, 0.6) is 11.5 Å². The molecule has 6 nitrogen and oxygen atoms in total. The largest absolute Gasteiger partial charge is 0.493 e. The van der Waals surface area contributed by atoms with Crippen LogP contribution in [0.25, 0.3) is 21.3 Å². The minimum Gasteiger partial charge on any atom is -0.493 e. The normalized spacial score (nSPS) is 10.8. The maximum Gasteiger partial charge on any atom is 0.251 e. The average Bonchev–Trinajstić information content (AvgIpc) is 3.27. The number of hydrogen-bond donors (Lipinski definition) is 1. The summed E-state index contributed by atoms with van der Waals surface area (Å²) in [4.78, 5) is 29.9. The van der Waals surface area contributed by atoms with Crippen molar-refractivity contribution in [1.82, 2.24) is 10.3 Å². The number of ether oxygens (including phenoxy) is 2. The van der Waals surface area contributed by atoms with Crippen LogP contribution in [0.2, 0.25) is 5.02 Å². The van der Waals surface area contributed by atoms with Gasteiger partial charge in [0.25, 0.3) is 5.91 Å². The van der Waals surface area contributed by atoms with Crippen molar-refractivity contribution in [3.63, 3.8) is 0 Å². The minimum atomic E-state index is -0.411. The van der Waals surface area contributed by atoms with Gasteiger partial charge in [0.05, 0.1) is 26.5 Å². The van der Waals surface area contributed by atoms with Crippen molar-refractivity contribution in [3.05, 3.63) is 75.8 Å². The third-order valence-electron chi connectivity index (χ3n) is 5.20. The first-order valence-corrected chi connectivity index (χ1v) is 11.3. The molecule has 1 N–H and O–H groups in total. The fourth-order valence-corrected chi connectivity index (χ4v) is 4.76. The minimum absolute atomic E-state index is 0.192. The summed E-state index contributed by atoms with van der Waals surface area (Å²) < 4.78 is 11.6. The summed E-state index contributed by atoms with van der Waals surface area (Å²) >= 11 is 7.94. The summed E-state index contributed by atoms with van der Waals surface area (Å²) in [6.45, 7) is 1.84.